The number of nitrogens with zero attached hydrogens (tertiary/aromatic N) is 2. The first-order chi connectivity index (χ1) is 12.7. The summed E-state index contributed by atoms with van der Waals surface area (Å²) in [6.07, 6.45) is -4.78. The highest BCUT2D eigenvalue weighted by Crippen LogP contribution is 2.33. The van der Waals surface area contributed by atoms with Gasteiger partial charge in [0.2, 0.25) is 0 Å². The lowest BCUT2D eigenvalue weighted by Crippen LogP contribution is -2.17. The van der Waals surface area contributed by atoms with Crippen molar-refractivity contribution >= 4 is 43.5 Å². The maximum absolute atomic E-state index is 12.4. The number of aromatic nitrogens is 2. The molecule has 0 unspecified atom stereocenters. The number of halogens is 6. The summed E-state index contributed by atoms with van der Waals surface area (Å²) in [5.41, 5.74) is 0.934. The molecule has 0 bridgehead atoms. The number of ether oxygens (including phenoxy) is 2. The van der Waals surface area contributed by atoms with Crippen molar-refractivity contribution in [3.63, 3.8) is 0 Å². The lowest BCUT2D eigenvalue weighted by atomic mass is 10.2. The first-order valence-electron chi connectivity index (χ1n) is 7.41. The highest BCUT2D eigenvalue weighted by Gasteiger charge is 2.31. The van der Waals surface area contributed by atoms with Gasteiger partial charge in [0.1, 0.15) is 20.7 Å². The molecule has 0 saturated heterocycles. The van der Waals surface area contributed by atoms with Crippen LogP contribution in [-0.2, 0) is 6.54 Å². The van der Waals surface area contributed by atoms with Gasteiger partial charge in [0.25, 0.3) is 0 Å². The van der Waals surface area contributed by atoms with Crippen LogP contribution >= 0.6 is 43.5 Å². The van der Waals surface area contributed by atoms with Crippen LogP contribution in [0.5, 0.6) is 17.5 Å². The summed E-state index contributed by atoms with van der Waals surface area (Å²) in [5, 5.41) is 0.614. The van der Waals surface area contributed by atoms with E-state index in [-0.39, 0.29) is 17.5 Å². The molecule has 0 fully saturated rings. The van der Waals surface area contributed by atoms with E-state index >= 15 is 0 Å². The van der Waals surface area contributed by atoms with Gasteiger partial charge < -0.3 is 9.47 Å². The number of benzene rings is 2. The van der Waals surface area contributed by atoms with Crippen molar-refractivity contribution in [1.82, 2.24) is 9.55 Å². The third-order valence-electron chi connectivity index (χ3n) is 3.33. The quantitative estimate of drug-likeness (QED) is 0.367. The molecular weight excluding hydrogens is 516 g/mol. The molecule has 0 amide bonds. The minimum absolute atomic E-state index is 0.152. The standard InChI is InChI=1S/C17H10Br2ClF3N2O2/c18-14-15(19)25(9-10-4-6-11(20)7-5-10)16(24-14)26-12-2-1-3-13(8-12)27-17(21,22)23/h1-8H,9H2. The molecule has 0 aliphatic rings. The minimum atomic E-state index is -4.78. The van der Waals surface area contributed by atoms with Crippen LogP contribution in [0, 0.1) is 0 Å². The Morgan fingerprint density at radius 1 is 1.04 bits per heavy atom. The van der Waals surface area contributed by atoms with Crippen LogP contribution in [0.2, 0.25) is 5.02 Å². The third-order valence-corrected chi connectivity index (χ3v) is 5.47. The molecule has 0 radical (unpaired) electrons. The molecule has 0 aliphatic heterocycles. The number of rotatable bonds is 5. The van der Waals surface area contributed by atoms with E-state index in [0.717, 1.165) is 11.6 Å². The molecule has 0 spiro atoms. The molecule has 1 aromatic heterocycles. The van der Waals surface area contributed by atoms with Crippen molar-refractivity contribution < 1.29 is 22.6 Å². The molecular formula is C17H10Br2ClF3N2O2. The Morgan fingerprint density at radius 3 is 2.37 bits per heavy atom. The normalized spacial score (nSPS) is 11.5. The largest absolute Gasteiger partial charge is 0.573 e. The Kier molecular flexibility index (Phi) is 6.02. The third kappa shape index (κ3) is 5.40. The number of hydrogen-bond acceptors (Lipinski definition) is 3. The molecule has 3 rings (SSSR count). The summed E-state index contributed by atoms with van der Waals surface area (Å²) >= 11 is 12.6. The molecule has 27 heavy (non-hydrogen) atoms. The second kappa shape index (κ2) is 8.12. The molecule has 0 atom stereocenters. The number of hydrogen-bond donors (Lipinski definition) is 0. The zero-order valence-corrected chi connectivity index (χ0v) is 17.2. The molecule has 2 aromatic carbocycles. The van der Waals surface area contributed by atoms with E-state index in [4.69, 9.17) is 16.3 Å². The van der Waals surface area contributed by atoms with Crippen LogP contribution < -0.4 is 9.47 Å². The lowest BCUT2D eigenvalue weighted by molar-refractivity contribution is -0.274. The van der Waals surface area contributed by atoms with Crippen LogP contribution in [0.1, 0.15) is 5.56 Å². The Bertz CT molecular complexity index is 946. The van der Waals surface area contributed by atoms with E-state index in [1.165, 1.54) is 18.2 Å². The predicted octanol–water partition coefficient (Wildman–Crippen LogP) is 6.80. The highest BCUT2D eigenvalue weighted by molar-refractivity contribution is 9.13. The summed E-state index contributed by atoms with van der Waals surface area (Å²) in [6.45, 7) is 0.407. The first kappa shape index (κ1) is 20.0. The molecule has 0 N–H and O–H groups in total. The summed E-state index contributed by atoms with van der Waals surface area (Å²) in [4.78, 5) is 4.24. The fourth-order valence-corrected chi connectivity index (χ4v) is 3.07. The highest BCUT2D eigenvalue weighted by atomic mass is 79.9. The van der Waals surface area contributed by atoms with Gasteiger partial charge in [-0.2, -0.15) is 4.98 Å². The van der Waals surface area contributed by atoms with E-state index < -0.39 is 6.36 Å². The summed E-state index contributed by atoms with van der Waals surface area (Å²) in [6, 6.07) is 12.6. The van der Waals surface area contributed by atoms with E-state index in [1.54, 1.807) is 16.7 Å². The molecule has 3 aromatic rings. The Labute approximate surface area is 174 Å². The van der Waals surface area contributed by atoms with Crippen LogP contribution in [-0.4, -0.2) is 15.9 Å². The van der Waals surface area contributed by atoms with Gasteiger partial charge in [-0.05, 0) is 61.7 Å². The van der Waals surface area contributed by atoms with Crippen LogP contribution in [0.4, 0.5) is 13.2 Å². The van der Waals surface area contributed by atoms with E-state index in [9.17, 15) is 13.2 Å². The van der Waals surface area contributed by atoms with Gasteiger partial charge in [0, 0.05) is 11.1 Å². The molecule has 10 heteroatoms. The number of imidazole rings is 1. The molecule has 4 nitrogen and oxygen atoms in total. The molecule has 0 saturated carbocycles. The van der Waals surface area contributed by atoms with E-state index in [0.29, 0.717) is 20.8 Å². The smallest absolute Gasteiger partial charge is 0.425 e. The first-order valence-corrected chi connectivity index (χ1v) is 9.37. The average molecular weight is 527 g/mol. The minimum Gasteiger partial charge on any atom is -0.425 e. The lowest BCUT2D eigenvalue weighted by Gasteiger charge is -2.12. The van der Waals surface area contributed by atoms with Crippen molar-refractivity contribution in [3.05, 3.63) is 68.3 Å². The summed E-state index contributed by atoms with van der Waals surface area (Å²) < 4.78 is 49.6. The molecule has 0 aliphatic carbocycles. The Hall–Kier alpha value is -1.71. The van der Waals surface area contributed by atoms with Gasteiger partial charge in [-0.25, -0.2) is 0 Å². The van der Waals surface area contributed by atoms with Crippen molar-refractivity contribution in [2.45, 2.75) is 12.9 Å². The fraction of sp³-hybridized carbons (Fsp3) is 0.118. The fourth-order valence-electron chi connectivity index (χ4n) is 2.21. The predicted molar refractivity (Wildman–Crippen MR) is 101 cm³/mol. The average Bonchev–Trinajstić information content (AvgIpc) is 2.83. The van der Waals surface area contributed by atoms with E-state index in [1.807, 2.05) is 12.1 Å². The molecule has 142 valence electrons. The van der Waals surface area contributed by atoms with Crippen molar-refractivity contribution in [1.29, 1.82) is 0 Å². The second-order valence-corrected chi connectivity index (χ2v) is 7.25. The monoisotopic (exact) mass is 524 g/mol. The Balaban J connectivity index is 1.86. The topological polar surface area (TPSA) is 36.3 Å². The second-order valence-electron chi connectivity index (χ2n) is 5.31. The van der Waals surface area contributed by atoms with Crippen molar-refractivity contribution in [3.8, 4) is 17.5 Å². The van der Waals surface area contributed by atoms with Crippen molar-refractivity contribution in [2.75, 3.05) is 0 Å². The summed E-state index contributed by atoms with van der Waals surface area (Å²) in [5.74, 6) is -0.229. The van der Waals surface area contributed by atoms with Gasteiger partial charge in [0.15, 0.2) is 0 Å². The van der Waals surface area contributed by atoms with Crippen LogP contribution in [0.15, 0.2) is 57.7 Å². The van der Waals surface area contributed by atoms with Crippen LogP contribution in [0.3, 0.4) is 0 Å². The molecule has 1 heterocycles. The van der Waals surface area contributed by atoms with Gasteiger partial charge in [-0.15, -0.1) is 13.2 Å². The van der Waals surface area contributed by atoms with Crippen molar-refractivity contribution in [2.24, 2.45) is 0 Å². The maximum atomic E-state index is 12.4. The summed E-state index contributed by atoms with van der Waals surface area (Å²) in [7, 11) is 0. The zero-order chi connectivity index (χ0) is 19.6. The maximum Gasteiger partial charge on any atom is 0.573 e. The van der Waals surface area contributed by atoms with Gasteiger partial charge in [-0.3, -0.25) is 4.57 Å². The van der Waals surface area contributed by atoms with E-state index in [2.05, 4.69) is 41.6 Å². The Morgan fingerprint density at radius 2 is 1.70 bits per heavy atom. The SMILES string of the molecule is FC(F)(F)Oc1cccc(Oc2nc(Br)c(Br)n2Cc2ccc(Cl)cc2)c1. The van der Waals surface area contributed by atoms with Gasteiger partial charge >= 0.3 is 12.4 Å². The van der Waals surface area contributed by atoms with Gasteiger partial charge in [-0.1, -0.05) is 29.8 Å². The van der Waals surface area contributed by atoms with Gasteiger partial charge in [0.05, 0.1) is 6.54 Å². The zero-order valence-electron chi connectivity index (χ0n) is 13.3. The van der Waals surface area contributed by atoms with Crippen LogP contribution in [0.25, 0.3) is 0 Å². The number of alkyl halides is 3.